The van der Waals surface area contributed by atoms with Gasteiger partial charge in [0.05, 0.1) is 0 Å². The summed E-state index contributed by atoms with van der Waals surface area (Å²) in [6, 6.07) is 2.44. The molecule has 0 aliphatic rings. The van der Waals surface area contributed by atoms with Gasteiger partial charge in [0, 0.05) is 6.07 Å². The van der Waals surface area contributed by atoms with Crippen LogP contribution in [0.2, 0.25) is 0 Å². The molecular weight excluding hydrogens is 344 g/mol. The number of carbonyl (C=O) groups is 3. The minimum Gasteiger partial charge on any atom is -0.478 e. The molecule has 144 valence electrons. The molecule has 0 atom stereocenters. The van der Waals surface area contributed by atoms with Crippen LogP contribution in [0.3, 0.4) is 0 Å². The maximum absolute atomic E-state index is 11.9. The molecule has 26 heavy (non-hydrogen) atoms. The van der Waals surface area contributed by atoms with Crippen LogP contribution in [0.4, 0.5) is 9.59 Å². The summed E-state index contributed by atoms with van der Waals surface area (Å²) >= 11 is 0. The molecule has 0 aromatic heterocycles. The average Bonchev–Trinajstić information content (AvgIpc) is 2.31. The summed E-state index contributed by atoms with van der Waals surface area (Å²) in [4.78, 5) is 35.1. The number of hydrogen-bond acceptors (Lipinski definition) is 7. The van der Waals surface area contributed by atoms with Gasteiger partial charge in [-0.1, -0.05) is 0 Å². The average molecular weight is 368 g/mol. The lowest BCUT2D eigenvalue weighted by atomic mass is 10.1. The summed E-state index contributed by atoms with van der Waals surface area (Å²) in [6.07, 6.45) is -2.04. The number of hydrogen-bond donors (Lipinski definition) is 1. The van der Waals surface area contributed by atoms with E-state index in [1.807, 2.05) is 0 Å². The van der Waals surface area contributed by atoms with Crippen LogP contribution in [0.15, 0.2) is 12.1 Å². The molecule has 0 aliphatic heterocycles. The molecule has 0 radical (unpaired) electrons. The van der Waals surface area contributed by atoms with Crippen LogP contribution in [-0.2, 0) is 9.47 Å². The van der Waals surface area contributed by atoms with Crippen molar-refractivity contribution in [3.8, 4) is 11.5 Å². The maximum Gasteiger partial charge on any atom is 0.514 e. The third-order valence-corrected chi connectivity index (χ3v) is 2.66. The van der Waals surface area contributed by atoms with E-state index in [2.05, 4.69) is 0 Å². The summed E-state index contributed by atoms with van der Waals surface area (Å²) in [5, 5.41) is 9.35. The molecule has 1 rings (SSSR count). The standard InChI is InChI=1S/C18H24O8/c1-10-8-11(23-15(21)25-17(2,3)4)9-12(13(10)14(19)20)24-16(22)26-18(5,6)7/h8-9H,1-7H3,(H,19,20). The van der Waals surface area contributed by atoms with Gasteiger partial charge in [-0.15, -0.1) is 0 Å². The fourth-order valence-corrected chi connectivity index (χ4v) is 1.86. The lowest BCUT2D eigenvalue weighted by Crippen LogP contribution is -2.27. The highest BCUT2D eigenvalue weighted by molar-refractivity contribution is 5.93. The first-order chi connectivity index (χ1) is 11.7. The predicted molar refractivity (Wildman–Crippen MR) is 91.9 cm³/mol. The van der Waals surface area contributed by atoms with E-state index in [1.165, 1.54) is 13.0 Å². The van der Waals surface area contributed by atoms with Crippen molar-refractivity contribution in [2.24, 2.45) is 0 Å². The van der Waals surface area contributed by atoms with Gasteiger partial charge in [-0.05, 0) is 60.1 Å². The van der Waals surface area contributed by atoms with Crippen LogP contribution in [0.1, 0.15) is 57.5 Å². The fourth-order valence-electron chi connectivity index (χ4n) is 1.86. The number of benzene rings is 1. The molecular formula is C18H24O8. The van der Waals surface area contributed by atoms with E-state index in [0.717, 1.165) is 6.07 Å². The zero-order chi connectivity index (χ0) is 20.3. The first-order valence-corrected chi connectivity index (χ1v) is 7.87. The van der Waals surface area contributed by atoms with Crippen molar-refractivity contribution >= 4 is 18.3 Å². The van der Waals surface area contributed by atoms with Crippen molar-refractivity contribution < 1.29 is 38.4 Å². The number of aryl methyl sites for hydroxylation is 1. The molecule has 0 fully saturated rings. The molecule has 0 bridgehead atoms. The molecule has 0 heterocycles. The molecule has 0 unspecified atom stereocenters. The maximum atomic E-state index is 11.9. The summed E-state index contributed by atoms with van der Waals surface area (Å²) in [5.41, 5.74) is -1.59. The fraction of sp³-hybridized carbons (Fsp3) is 0.500. The largest absolute Gasteiger partial charge is 0.514 e. The topological polar surface area (TPSA) is 108 Å². The van der Waals surface area contributed by atoms with Crippen LogP contribution >= 0.6 is 0 Å². The van der Waals surface area contributed by atoms with Gasteiger partial charge in [0.2, 0.25) is 0 Å². The first kappa shape index (κ1) is 21.3. The molecule has 1 N–H and O–H groups in total. The Balaban J connectivity index is 3.14. The van der Waals surface area contributed by atoms with E-state index in [4.69, 9.17) is 18.9 Å². The number of aromatic carboxylic acids is 1. The van der Waals surface area contributed by atoms with E-state index in [9.17, 15) is 19.5 Å². The number of carboxylic acid groups (broad SMARTS) is 1. The molecule has 0 saturated heterocycles. The molecule has 0 aliphatic carbocycles. The normalized spacial score (nSPS) is 11.5. The zero-order valence-electron chi connectivity index (χ0n) is 16.0. The van der Waals surface area contributed by atoms with Crippen LogP contribution in [0.5, 0.6) is 11.5 Å². The SMILES string of the molecule is Cc1cc(OC(=O)OC(C)(C)C)cc(OC(=O)OC(C)(C)C)c1C(=O)O. The van der Waals surface area contributed by atoms with Gasteiger partial charge in [-0.2, -0.15) is 0 Å². The number of ether oxygens (including phenoxy) is 4. The van der Waals surface area contributed by atoms with Gasteiger partial charge >= 0.3 is 18.3 Å². The third-order valence-electron chi connectivity index (χ3n) is 2.66. The first-order valence-electron chi connectivity index (χ1n) is 7.87. The second kappa shape index (κ2) is 7.63. The van der Waals surface area contributed by atoms with Crippen molar-refractivity contribution in [3.63, 3.8) is 0 Å². The van der Waals surface area contributed by atoms with Gasteiger partial charge in [0.25, 0.3) is 0 Å². The van der Waals surface area contributed by atoms with Crippen LogP contribution in [-0.4, -0.2) is 34.6 Å². The Morgan fingerprint density at radius 2 is 1.31 bits per heavy atom. The lowest BCUT2D eigenvalue weighted by Gasteiger charge is -2.20. The number of carboxylic acids is 1. The predicted octanol–water partition coefficient (Wildman–Crippen LogP) is 4.32. The molecule has 0 saturated carbocycles. The second-order valence-corrected chi connectivity index (χ2v) is 7.55. The summed E-state index contributed by atoms with van der Waals surface area (Å²) in [6.45, 7) is 11.4. The smallest absolute Gasteiger partial charge is 0.478 e. The van der Waals surface area contributed by atoms with Crippen molar-refractivity contribution in [1.29, 1.82) is 0 Å². The minimum absolute atomic E-state index is 0.0275. The monoisotopic (exact) mass is 368 g/mol. The molecule has 1 aromatic carbocycles. The Morgan fingerprint density at radius 3 is 1.73 bits per heavy atom. The van der Waals surface area contributed by atoms with Gasteiger partial charge < -0.3 is 24.1 Å². The van der Waals surface area contributed by atoms with E-state index >= 15 is 0 Å². The number of carbonyl (C=O) groups excluding carboxylic acids is 2. The van der Waals surface area contributed by atoms with Crippen LogP contribution < -0.4 is 9.47 Å². The molecule has 8 nitrogen and oxygen atoms in total. The van der Waals surface area contributed by atoms with E-state index in [1.54, 1.807) is 41.5 Å². The van der Waals surface area contributed by atoms with Gasteiger partial charge in [0.1, 0.15) is 22.5 Å². The third kappa shape index (κ3) is 7.00. The zero-order valence-corrected chi connectivity index (χ0v) is 16.0. The van der Waals surface area contributed by atoms with Crippen molar-refractivity contribution in [2.45, 2.75) is 59.7 Å². The van der Waals surface area contributed by atoms with E-state index in [0.29, 0.717) is 0 Å². The Labute approximate surface area is 152 Å². The Morgan fingerprint density at radius 1 is 0.846 bits per heavy atom. The van der Waals surface area contributed by atoms with E-state index in [-0.39, 0.29) is 22.6 Å². The second-order valence-electron chi connectivity index (χ2n) is 7.55. The quantitative estimate of drug-likeness (QED) is 0.620. The van der Waals surface area contributed by atoms with Crippen LogP contribution in [0, 0.1) is 6.92 Å². The Hall–Kier alpha value is -2.77. The summed E-state index contributed by atoms with van der Waals surface area (Å²) < 4.78 is 20.1. The Kier molecular flexibility index (Phi) is 6.25. The highest BCUT2D eigenvalue weighted by atomic mass is 16.7. The van der Waals surface area contributed by atoms with Crippen LogP contribution in [0.25, 0.3) is 0 Å². The van der Waals surface area contributed by atoms with Crippen molar-refractivity contribution in [1.82, 2.24) is 0 Å². The van der Waals surface area contributed by atoms with E-state index < -0.39 is 29.5 Å². The van der Waals surface area contributed by atoms with Gasteiger partial charge in [-0.25, -0.2) is 14.4 Å². The van der Waals surface area contributed by atoms with Gasteiger partial charge in [-0.3, -0.25) is 0 Å². The number of rotatable bonds is 3. The Bertz CT molecular complexity index is 707. The summed E-state index contributed by atoms with van der Waals surface area (Å²) in [5.74, 6) is -1.63. The molecule has 0 spiro atoms. The van der Waals surface area contributed by atoms with Crippen molar-refractivity contribution in [2.75, 3.05) is 0 Å². The van der Waals surface area contributed by atoms with Gasteiger partial charge in [0.15, 0.2) is 5.75 Å². The van der Waals surface area contributed by atoms with Crippen molar-refractivity contribution in [3.05, 3.63) is 23.3 Å². The molecule has 0 amide bonds. The molecule has 1 aromatic rings. The summed E-state index contributed by atoms with van der Waals surface area (Å²) in [7, 11) is 0. The lowest BCUT2D eigenvalue weighted by molar-refractivity contribution is 0.0203. The highest BCUT2D eigenvalue weighted by Crippen LogP contribution is 2.30. The molecule has 8 heteroatoms. The minimum atomic E-state index is -1.30. The highest BCUT2D eigenvalue weighted by Gasteiger charge is 2.24.